The van der Waals surface area contributed by atoms with Crippen molar-refractivity contribution in [2.45, 2.75) is 0 Å². The molecule has 0 aliphatic carbocycles. The number of rotatable bonds is 1. The van der Waals surface area contributed by atoms with Gasteiger partial charge in [0.05, 0.1) is 23.3 Å². The van der Waals surface area contributed by atoms with E-state index in [9.17, 15) is 0 Å². The molecule has 5 nitrogen and oxygen atoms in total. The van der Waals surface area contributed by atoms with E-state index in [1.54, 1.807) is 18.4 Å². The van der Waals surface area contributed by atoms with Crippen LogP contribution in [-0.4, -0.2) is 27.2 Å². The summed E-state index contributed by atoms with van der Waals surface area (Å²) in [6.07, 6.45) is 2.02. The topological polar surface area (TPSA) is 41.1 Å². The number of azo groups is 1. The van der Waals surface area contributed by atoms with Crippen LogP contribution >= 0.6 is 11.3 Å². The van der Waals surface area contributed by atoms with Gasteiger partial charge in [-0.05, 0) is 12.1 Å². The molecule has 1 aromatic carbocycles. The molecule has 0 spiro atoms. The molecular formula is C14H19N4OS+. The molecule has 6 heteroatoms. The smallest absolute Gasteiger partial charge is 0.224 e. The van der Waals surface area contributed by atoms with Gasteiger partial charge in [0.25, 0.3) is 0 Å². The molecule has 0 bridgehead atoms. The minimum atomic E-state index is 0.732. The summed E-state index contributed by atoms with van der Waals surface area (Å²) in [5, 5.41) is 9.74. The fourth-order valence-electron chi connectivity index (χ4n) is 1.82. The highest BCUT2D eigenvalue weighted by Gasteiger charge is 2.14. The van der Waals surface area contributed by atoms with Crippen molar-refractivity contribution in [2.24, 2.45) is 17.3 Å². The highest BCUT2D eigenvalue weighted by Crippen LogP contribution is 2.34. The molecule has 1 aliphatic rings. The van der Waals surface area contributed by atoms with Gasteiger partial charge < -0.3 is 9.64 Å². The van der Waals surface area contributed by atoms with Gasteiger partial charge in [-0.2, -0.15) is 14.8 Å². The third-order valence-electron chi connectivity index (χ3n) is 2.86. The first kappa shape index (κ1) is 14.5. The van der Waals surface area contributed by atoms with Gasteiger partial charge in [-0.25, -0.2) is 0 Å². The summed E-state index contributed by atoms with van der Waals surface area (Å²) < 4.78 is 7.56. The summed E-state index contributed by atoms with van der Waals surface area (Å²) in [4.78, 5) is 2.17. The van der Waals surface area contributed by atoms with Crippen molar-refractivity contribution in [1.82, 2.24) is 0 Å². The van der Waals surface area contributed by atoms with Crippen molar-refractivity contribution in [1.29, 1.82) is 0 Å². The summed E-state index contributed by atoms with van der Waals surface area (Å²) in [6.45, 7) is 1.66. The molecule has 106 valence electrons. The SMILES string of the molecule is CN=Nc1ccc2c(c1)OCCN2C.C[n+]1ccsc1. The van der Waals surface area contributed by atoms with Gasteiger partial charge in [0, 0.05) is 20.2 Å². The van der Waals surface area contributed by atoms with Crippen molar-refractivity contribution >= 4 is 22.7 Å². The second-order valence-corrected chi connectivity index (χ2v) is 5.17. The molecule has 2 aromatic rings. The predicted molar refractivity (Wildman–Crippen MR) is 81.1 cm³/mol. The van der Waals surface area contributed by atoms with Crippen LogP contribution < -0.4 is 14.2 Å². The monoisotopic (exact) mass is 291 g/mol. The maximum atomic E-state index is 5.54. The van der Waals surface area contributed by atoms with Crippen molar-refractivity contribution < 1.29 is 9.30 Å². The lowest BCUT2D eigenvalue weighted by Gasteiger charge is -2.27. The van der Waals surface area contributed by atoms with Gasteiger partial charge in [-0.1, -0.05) is 11.3 Å². The molecule has 1 aromatic heterocycles. The van der Waals surface area contributed by atoms with Gasteiger partial charge in [-0.15, -0.1) is 0 Å². The second kappa shape index (κ2) is 7.00. The van der Waals surface area contributed by atoms with Crippen molar-refractivity contribution in [3.63, 3.8) is 0 Å². The first-order valence-electron chi connectivity index (χ1n) is 6.36. The number of thiazole rings is 1. The summed E-state index contributed by atoms with van der Waals surface area (Å²) in [7, 11) is 5.73. The molecule has 20 heavy (non-hydrogen) atoms. The quantitative estimate of drug-likeness (QED) is 0.599. The molecule has 0 N–H and O–H groups in total. The Kier molecular flexibility index (Phi) is 5.06. The third kappa shape index (κ3) is 3.77. The summed E-state index contributed by atoms with van der Waals surface area (Å²) >= 11 is 1.70. The van der Waals surface area contributed by atoms with E-state index < -0.39 is 0 Å². The lowest BCUT2D eigenvalue weighted by molar-refractivity contribution is -0.666. The Labute approximate surface area is 123 Å². The number of hydrogen-bond donors (Lipinski definition) is 0. The molecule has 0 fully saturated rings. The van der Waals surface area contributed by atoms with E-state index in [-0.39, 0.29) is 0 Å². The van der Waals surface area contributed by atoms with Crippen LogP contribution in [-0.2, 0) is 7.05 Å². The standard InChI is InChI=1S/C10H13N3O.C4H6NS/c1-11-12-8-3-4-9-10(7-8)14-6-5-13(9)2;1-5-2-3-6-4-5/h3-4,7H,5-6H2,1-2H3;2-4H,1H3/q;+1. The molecular weight excluding hydrogens is 272 g/mol. The fraction of sp³-hybridized carbons (Fsp3) is 0.357. The Morgan fingerprint density at radius 1 is 1.40 bits per heavy atom. The van der Waals surface area contributed by atoms with Crippen LogP contribution in [0.25, 0.3) is 0 Å². The lowest BCUT2D eigenvalue weighted by atomic mass is 10.2. The number of anilines is 1. The Balaban J connectivity index is 0.000000205. The largest absolute Gasteiger partial charge is 0.489 e. The maximum absolute atomic E-state index is 5.54. The average molecular weight is 291 g/mol. The molecule has 3 rings (SSSR count). The van der Waals surface area contributed by atoms with Crippen LogP contribution in [0.4, 0.5) is 11.4 Å². The normalized spacial score (nSPS) is 13.4. The number of hydrogen-bond acceptors (Lipinski definition) is 5. The van der Waals surface area contributed by atoms with Crippen LogP contribution in [0.2, 0.25) is 0 Å². The van der Waals surface area contributed by atoms with Crippen LogP contribution in [0.15, 0.2) is 45.5 Å². The number of ether oxygens (including phenoxy) is 1. The zero-order chi connectivity index (χ0) is 14.4. The molecule has 0 atom stereocenters. The van der Waals surface area contributed by atoms with Gasteiger partial charge >= 0.3 is 0 Å². The number of benzene rings is 1. The van der Waals surface area contributed by atoms with E-state index in [1.807, 2.05) is 46.9 Å². The first-order valence-corrected chi connectivity index (χ1v) is 7.30. The molecule has 0 saturated carbocycles. The molecule has 1 aliphatic heterocycles. The van der Waals surface area contributed by atoms with E-state index >= 15 is 0 Å². The maximum Gasteiger partial charge on any atom is 0.224 e. The minimum Gasteiger partial charge on any atom is -0.489 e. The van der Waals surface area contributed by atoms with Crippen molar-refractivity contribution in [3.05, 3.63) is 35.3 Å². The highest BCUT2D eigenvalue weighted by molar-refractivity contribution is 7.07. The highest BCUT2D eigenvalue weighted by atomic mass is 32.1. The van der Waals surface area contributed by atoms with Crippen LogP contribution in [0, 0.1) is 0 Å². The van der Waals surface area contributed by atoms with E-state index in [0.29, 0.717) is 0 Å². The van der Waals surface area contributed by atoms with Crippen LogP contribution in [0.1, 0.15) is 0 Å². The zero-order valence-electron chi connectivity index (χ0n) is 12.0. The van der Waals surface area contributed by atoms with E-state index in [4.69, 9.17) is 4.74 Å². The van der Waals surface area contributed by atoms with Gasteiger partial charge in [0.15, 0.2) is 6.20 Å². The Morgan fingerprint density at radius 2 is 2.25 bits per heavy atom. The molecule has 0 unspecified atom stereocenters. The number of aromatic nitrogens is 1. The van der Waals surface area contributed by atoms with Gasteiger partial charge in [0.2, 0.25) is 5.51 Å². The van der Waals surface area contributed by atoms with E-state index in [0.717, 1.165) is 30.3 Å². The van der Waals surface area contributed by atoms with Crippen LogP contribution in [0.3, 0.4) is 0 Å². The number of likely N-dealkylation sites (N-methyl/N-ethyl adjacent to an activating group) is 1. The third-order valence-corrected chi connectivity index (χ3v) is 3.59. The summed E-state index contributed by atoms with van der Waals surface area (Å²) in [5.41, 5.74) is 3.99. The van der Waals surface area contributed by atoms with Crippen molar-refractivity contribution in [2.75, 3.05) is 32.1 Å². The second-order valence-electron chi connectivity index (χ2n) is 4.41. The number of aryl methyl sites for hydroxylation is 1. The Morgan fingerprint density at radius 3 is 2.85 bits per heavy atom. The summed E-state index contributed by atoms with van der Waals surface area (Å²) in [6, 6.07) is 5.87. The summed E-state index contributed by atoms with van der Waals surface area (Å²) in [5.74, 6) is 0.892. The predicted octanol–water partition coefficient (Wildman–Crippen LogP) is 2.80. The van der Waals surface area contributed by atoms with Crippen LogP contribution in [0.5, 0.6) is 5.75 Å². The Hall–Kier alpha value is -1.95. The van der Waals surface area contributed by atoms with Gasteiger partial charge in [-0.3, -0.25) is 0 Å². The number of nitrogens with zero attached hydrogens (tertiary/aromatic N) is 4. The average Bonchev–Trinajstić information content (AvgIpc) is 2.91. The fourth-order valence-corrected chi connectivity index (χ4v) is 2.42. The minimum absolute atomic E-state index is 0.732. The van der Waals surface area contributed by atoms with Crippen molar-refractivity contribution in [3.8, 4) is 5.75 Å². The van der Waals surface area contributed by atoms with Gasteiger partial charge in [0.1, 0.15) is 19.4 Å². The molecule has 2 heterocycles. The Bertz CT molecular complexity index is 569. The lowest BCUT2D eigenvalue weighted by Crippen LogP contribution is -2.28. The molecule has 0 radical (unpaired) electrons. The number of fused-ring (bicyclic) bond motifs is 1. The molecule has 0 saturated heterocycles. The molecule has 0 amide bonds. The first-order chi connectivity index (χ1) is 9.70. The van der Waals surface area contributed by atoms with E-state index in [1.165, 1.54) is 0 Å². The zero-order valence-corrected chi connectivity index (χ0v) is 12.8. The van der Waals surface area contributed by atoms with E-state index in [2.05, 4.69) is 22.2 Å².